The maximum atomic E-state index is 11.5. The van der Waals surface area contributed by atoms with E-state index in [-0.39, 0.29) is 19.6 Å². The van der Waals surface area contributed by atoms with Gasteiger partial charge in [0.2, 0.25) is 0 Å². The van der Waals surface area contributed by atoms with Crippen LogP contribution in [0.25, 0.3) is 0 Å². The third-order valence-electron chi connectivity index (χ3n) is 2.14. The van der Waals surface area contributed by atoms with Gasteiger partial charge in [-0.15, -0.1) is 0 Å². The third-order valence-corrected chi connectivity index (χ3v) is 2.14. The van der Waals surface area contributed by atoms with Gasteiger partial charge in [-0.25, -0.2) is 0 Å². The van der Waals surface area contributed by atoms with Gasteiger partial charge in [-0.3, -0.25) is 19.2 Å². The first-order valence-corrected chi connectivity index (χ1v) is 5.76. The van der Waals surface area contributed by atoms with Crippen molar-refractivity contribution in [3.63, 3.8) is 0 Å². The summed E-state index contributed by atoms with van der Waals surface area (Å²) in [6.07, 6.45) is -0.760. The van der Waals surface area contributed by atoms with Crippen molar-refractivity contribution in [2.75, 3.05) is 13.2 Å². The van der Waals surface area contributed by atoms with Crippen molar-refractivity contribution in [1.82, 2.24) is 0 Å². The molecule has 0 aliphatic carbocycles. The van der Waals surface area contributed by atoms with Crippen molar-refractivity contribution in [1.29, 1.82) is 0 Å². The summed E-state index contributed by atoms with van der Waals surface area (Å²) < 4.78 is 9.29. The Bertz CT molecular complexity index is 333. The molecule has 18 heavy (non-hydrogen) atoms. The number of ketones is 2. The molecule has 0 amide bonds. The molecule has 0 aliphatic rings. The van der Waals surface area contributed by atoms with Gasteiger partial charge in [0.1, 0.15) is 23.9 Å². The van der Waals surface area contributed by atoms with E-state index in [1.807, 2.05) is 0 Å². The Morgan fingerprint density at radius 2 is 1.56 bits per heavy atom. The second-order valence-corrected chi connectivity index (χ2v) is 3.64. The Balaban J connectivity index is 4.41. The van der Waals surface area contributed by atoms with Crippen molar-refractivity contribution < 1.29 is 28.7 Å². The van der Waals surface area contributed by atoms with Gasteiger partial charge in [-0.1, -0.05) is 0 Å². The molecule has 0 fully saturated rings. The summed E-state index contributed by atoms with van der Waals surface area (Å²) >= 11 is 0. The fourth-order valence-corrected chi connectivity index (χ4v) is 1.31. The lowest BCUT2D eigenvalue weighted by Gasteiger charge is -2.11. The van der Waals surface area contributed by atoms with Crippen LogP contribution in [0.15, 0.2) is 0 Å². The fraction of sp³-hybridized carbons (Fsp3) is 0.667. The zero-order valence-electron chi connectivity index (χ0n) is 10.9. The number of rotatable bonds is 8. The average molecular weight is 258 g/mol. The molecular weight excluding hydrogens is 240 g/mol. The van der Waals surface area contributed by atoms with Crippen LogP contribution in [0.3, 0.4) is 0 Å². The lowest BCUT2D eigenvalue weighted by Crippen LogP contribution is -2.27. The normalized spacial score (nSPS) is 11.5. The van der Waals surface area contributed by atoms with Crippen molar-refractivity contribution in [3.05, 3.63) is 0 Å². The zero-order valence-corrected chi connectivity index (χ0v) is 10.9. The SMILES string of the molecule is CCOC(=O)CC(=O)CC(C(C)=O)C(=O)OCC. The van der Waals surface area contributed by atoms with Crippen LogP contribution in [0.1, 0.15) is 33.6 Å². The first-order valence-electron chi connectivity index (χ1n) is 5.76. The Labute approximate surface area is 106 Å². The standard InChI is InChI=1S/C12H18O6/c1-4-17-11(15)7-9(14)6-10(8(3)13)12(16)18-5-2/h10H,4-7H2,1-3H3. The number of ether oxygens (including phenoxy) is 2. The summed E-state index contributed by atoms with van der Waals surface area (Å²) in [5, 5.41) is 0. The molecule has 0 heterocycles. The van der Waals surface area contributed by atoms with Gasteiger partial charge in [-0.2, -0.15) is 0 Å². The van der Waals surface area contributed by atoms with Crippen LogP contribution >= 0.6 is 0 Å². The largest absolute Gasteiger partial charge is 0.466 e. The summed E-state index contributed by atoms with van der Waals surface area (Å²) in [4.78, 5) is 45.2. The van der Waals surface area contributed by atoms with E-state index in [4.69, 9.17) is 4.74 Å². The van der Waals surface area contributed by atoms with Crippen LogP contribution in [0, 0.1) is 5.92 Å². The van der Waals surface area contributed by atoms with Crippen LogP contribution < -0.4 is 0 Å². The maximum absolute atomic E-state index is 11.5. The van der Waals surface area contributed by atoms with Gasteiger partial charge in [0, 0.05) is 6.42 Å². The lowest BCUT2D eigenvalue weighted by molar-refractivity contribution is -0.154. The van der Waals surface area contributed by atoms with E-state index < -0.39 is 35.8 Å². The highest BCUT2D eigenvalue weighted by molar-refractivity contribution is 6.04. The summed E-state index contributed by atoms with van der Waals surface area (Å²) in [7, 11) is 0. The smallest absolute Gasteiger partial charge is 0.316 e. The Hall–Kier alpha value is -1.72. The van der Waals surface area contributed by atoms with Gasteiger partial charge in [0.05, 0.1) is 13.2 Å². The fourth-order valence-electron chi connectivity index (χ4n) is 1.31. The van der Waals surface area contributed by atoms with Gasteiger partial charge in [0.25, 0.3) is 0 Å². The first-order chi connectivity index (χ1) is 8.42. The molecule has 1 atom stereocenters. The highest BCUT2D eigenvalue weighted by atomic mass is 16.5. The van der Waals surface area contributed by atoms with Crippen LogP contribution in [0.5, 0.6) is 0 Å². The number of esters is 2. The van der Waals surface area contributed by atoms with Gasteiger partial charge < -0.3 is 9.47 Å². The topological polar surface area (TPSA) is 86.7 Å². The van der Waals surface area contributed by atoms with Crippen LogP contribution in [-0.4, -0.2) is 36.7 Å². The molecule has 102 valence electrons. The average Bonchev–Trinajstić information content (AvgIpc) is 2.25. The predicted octanol–water partition coefficient (Wildman–Crippen LogP) is 0.667. The molecule has 0 bridgehead atoms. The second-order valence-electron chi connectivity index (χ2n) is 3.64. The molecule has 0 rings (SSSR count). The molecular formula is C12H18O6. The highest BCUT2D eigenvalue weighted by Gasteiger charge is 2.28. The lowest BCUT2D eigenvalue weighted by atomic mass is 9.97. The predicted molar refractivity (Wildman–Crippen MR) is 61.7 cm³/mol. The number of Topliss-reactive ketones (excluding diaryl/α,β-unsaturated/α-hetero) is 2. The minimum absolute atomic E-state index is 0.134. The number of hydrogen-bond donors (Lipinski definition) is 0. The molecule has 1 unspecified atom stereocenters. The van der Waals surface area contributed by atoms with Crippen molar-refractivity contribution >= 4 is 23.5 Å². The first kappa shape index (κ1) is 16.3. The molecule has 0 aromatic carbocycles. The van der Waals surface area contributed by atoms with E-state index in [0.717, 1.165) is 0 Å². The van der Waals surface area contributed by atoms with E-state index in [9.17, 15) is 19.2 Å². The van der Waals surface area contributed by atoms with Crippen molar-refractivity contribution in [2.45, 2.75) is 33.6 Å². The van der Waals surface area contributed by atoms with Gasteiger partial charge in [0.15, 0.2) is 0 Å². The van der Waals surface area contributed by atoms with E-state index in [1.165, 1.54) is 6.92 Å². The van der Waals surface area contributed by atoms with Gasteiger partial charge >= 0.3 is 11.9 Å². The van der Waals surface area contributed by atoms with Crippen LogP contribution in [-0.2, 0) is 28.7 Å². The summed E-state index contributed by atoms with van der Waals surface area (Å²) in [6.45, 7) is 4.75. The summed E-state index contributed by atoms with van der Waals surface area (Å²) in [5.41, 5.74) is 0. The molecule has 0 spiro atoms. The van der Waals surface area contributed by atoms with Crippen LogP contribution in [0.2, 0.25) is 0 Å². The van der Waals surface area contributed by atoms with E-state index >= 15 is 0 Å². The molecule has 0 aliphatic heterocycles. The molecule has 0 N–H and O–H groups in total. The van der Waals surface area contributed by atoms with E-state index in [0.29, 0.717) is 0 Å². The van der Waals surface area contributed by atoms with Gasteiger partial charge in [-0.05, 0) is 20.8 Å². The van der Waals surface area contributed by atoms with E-state index in [2.05, 4.69) is 4.74 Å². The minimum Gasteiger partial charge on any atom is -0.466 e. The molecule has 6 heteroatoms. The summed E-state index contributed by atoms with van der Waals surface area (Å²) in [5.74, 6) is -3.49. The van der Waals surface area contributed by atoms with Crippen molar-refractivity contribution in [3.8, 4) is 0 Å². The Morgan fingerprint density at radius 1 is 1.00 bits per heavy atom. The number of carbonyl (C=O) groups excluding carboxylic acids is 4. The molecule has 0 aromatic heterocycles. The Morgan fingerprint density at radius 3 is 2.00 bits per heavy atom. The number of carbonyl (C=O) groups is 4. The maximum Gasteiger partial charge on any atom is 0.316 e. The Kier molecular flexibility index (Phi) is 7.58. The van der Waals surface area contributed by atoms with Crippen LogP contribution in [0.4, 0.5) is 0 Å². The molecule has 6 nitrogen and oxygen atoms in total. The molecule has 0 radical (unpaired) electrons. The summed E-state index contributed by atoms with van der Waals surface area (Å²) in [6, 6.07) is 0. The third kappa shape index (κ3) is 6.12. The minimum atomic E-state index is -1.13. The molecule has 0 aromatic rings. The number of hydrogen-bond acceptors (Lipinski definition) is 6. The highest BCUT2D eigenvalue weighted by Crippen LogP contribution is 2.10. The molecule has 0 saturated heterocycles. The van der Waals surface area contributed by atoms with E-state index in [1.54, 1.807) is 13.8 Å². The molecule has 0 saturated carbocycles. The monoisotopic (exact) mass is 258 g/mol. The van der Waals surface area contributed by atoms with Crippen molar-refractivity contribution in [2.24, 2.45) is 5.92 Å². The second kappa shape index (κ2) is 8.38. The zero-order chi connectivity index (χ0) is 14.1. The quantitative estimate of drug-likeness (QED) is 0.469.